The van der Waals surface area contributed by atoms with E-state index < -0.39 is 21.4 Å². The lowest BCUT2D eigenvalue weighted by Gasteiger charge is -2.08. The number of nitro benzene ring substituents is 2. The van der Waals surface area contributed by atoms with E-state index in [0.29, 0.717) is 0 Å². The van der Waals surface area contributed by atoms with Crippen LogP contribution in [0.4, 0.5) is 15.8 Å². The molecule has 0 heterocycles. The molecule has 21 heavy (non-hydrogen) atoms. The lowest BCUT2D eigenvalue weighted by atomic mass is 10.2. The first-order valence-electron chi connectivity index (χ1n) is 5.45. The van der Waals surface area contributed by atoms with E-state index in [1.165, 1.54) is 18.2 Å². The first-order valence-corrected chi connectivity index (χ1v) is 5.82. The monoisotopic (exact) mass is 312 g/mol. The molecule has 9 heteroatoms. The van der Waals surface area contributed by atoms with Crippen LogP contribution in [0.2, 0.25) is 5.02 Å². The molecule has 0 aliphatic heterocycles. The highest BCUT2D eigenvalue weighted by atomic mass is 35.5. The summed E-state index contributed by atoms with van der Waals surface area (Å²) in [4.78, 5) is 19.8. The van der Waals surface area contributed by atoms with E-state index in [4.69, 9.17) is 16.3 Å². The minimum Gasteiger partial charge on any atom is -0.448 e. The Balaban J connectivity index is 2.42. The van der Waals surface area contributed by atoms with Crippen molar-refractivity contribution in [3.8, 4) is 11.5 Å². The molecule has 2 aromatic rings. The van der Waals surface area contributed by atoms with Crippen molar-refractivity contribution in [2.75, 3.05) is 0 Å². The van der Waals surface area contributed by atoms with Crippen molar-refractivity contribution in [3.05, 3.63) is 67.5 Å². The zero-order chi connectivity index (χ0) is 15.6. The van der Waals surface area contributed by atoms with E-state index in [1.54, 1.807) is 0 Å². The Morgan fingerprint density at radius 1 is 1.05 bits per heavy atom. The number of non-ortho nitro benzene ring substituents is 1. The third-order valence-corrected chi connectivity index (χ3v) is 2.77. The zero-order valence-corrected chi connectivity index (χ0v) is 10.9. The van der Waals surface area contributed by atoms with Gasteiger partial charge in [-0.25, -0.2) is 0 Å². The first-order chi connectivity index (χ1) is 9.90. The second-order valence-electron chi connectivity index (χ2n) is 3.82. The standard InChI is InChI=1S/C12H6ClFN2O5/c13-8-6-7(15(17)18)4-5-10(8)21-11-3-1-2-9(14)12(11)16(19)20/h1-6H. The normalized spacial score (nSPS) is 10.2. The molecule has 0 unspecified atom stereocenters. The SMILES string of the molecule is O=[N+]([O-])c1ccc(Oc2cccc(F)c2[N+](=O)[O-])c(Cl)c1. The van der Waals surface area contributed by atoms with Gasteiger partial charge in [0, 0.05) is 12.1 Å². The van der Waals surface area contributed by atoms with E-state index >= 15 is 0 Å². The van der Waals surface area contributed by atoms with Crippen molar-refractivity contribution in [2.24, 2.45) is 0 Å². The lowest BCUT2D eigenvalue weighted by molar-refractivity contribution is -0.388. The van der Waals surface area contributed by atoms with E-state index in [9.17, 15) is 24.6 Å². The van der Waals surface area contributed by atoms with Crippen LogP contribution in [0, 0.1) is 26.0 Å². The molecule has 0 aromatic heterocycles. The van der Waals surface area contributed by atoms with Gasteiger partial charge < -0.3 is 4.74 Å². The summed E-state index contributed by atoms with van der Waals surface area (Å²) in [6, 6.07) is 6.67. The van der Waals surface area contributed by atoms with Gasteiger partial charge in [-0.3, -0.25) is 20.2 Å². The molecule has 0 atom stereocenters. The highest BCUT2D eigenvalue weighted by molar-refractivity contribution is 6.32. The Morgan fingerprint density at radius 2 is 1.76 bits per heavy atom. The maximum Gasteiger partial charge on any atom is 0.346 e. The third-order valence-electron chi connectivity index (χ3n) is 2.48. The van der Waals surface area contributed by atoms with Gasteiger partial charge in [0.1, 0.15) is 5.75 Å². The number of hydrogen-bond acceptors (Lipinski definition) is 5. The van der Waals surface area contributed by atoms with Gasteiger partial charge in [0.25, 0.3) is 5.69 Å². The fraction of sp³-hybridized carbons (Fsp3) is 0. The van der Waals surface area contributed by atoms with E-state index in [0.717, 1.165) is 18.2 Å². The molecule has 0 saturated heterocycles. The molecular weight excluding hydrogens is 307 g/mol. The van der Waals surface area contributed by atoms with E-state index in [2.05, 4.69) is 0 Å². The van der Waals surface area contributed by atoms with Gasteiger partial charge >= 0.3 is 5.69 Å². The fourth-order valence-electron chi connectivity index (χ4n) is 1.56. The van der Waals surface area contributed by atoms with Gasteiger partial charge in [0.2, 0.25) is 11.6 Å². The summed E-state index contributed by atoms with van der Waals surface area (Å²) >= 11 is 5.80. The molecule has 2 aromatic carbocycles. The fourth-order valence-corrected chi connectivity index (χ4v) is 1.77. The molecule has 0 N–H and O–H groups in total. The van der Waals surface area contributed by atoms with Crippen LogP contribution in [0.1, 0.15) is 0 Å². The Labute approximate surface area is 121 Å². The van der Waals surface area contributed by atoms with Crippen LogP contribution in [-0.4, -0.2) is 9.85 Å². The average molecular weight is 313 g/mol. The van der Waals surface area contributed by atoms with Crippen LogP contribution >= 0.6 is 11.6 Å². The second-order valence-corrected chi connectivity index (χ2v) is 4.22. The first kappa shape index (κ1) is 14.7. The minimum absolute atomic E-state index is 0.0593. The van der Waals surface area contributed by atoms with Crippen LogP contribution in [-0.2, 0) is 0 Å². The maximum absolute atomic E-state index is 13.4. The molecule has 0 radical (unpaired) electrons. The minimum atomic E-state index is -1.06. The molecule has 0 bridgehead atoms. The van der Waals surface area contributed by atoms with Gasteiger partial charge in [0.05, 0.1) is 14.9 Å². The van der Waals surface area contributed by atoms with Crippen LogP contribution in [0.5, 0.6) is 11.5 Å². The van der Waals surface area contributed by atoms with Crippen molar-refractivity contribution in [1.82, 2.24) is 0 Å². The van der Waals surface area contributed by atoms with Crippen LogP contribution in [0.15, 0.2) is 36.4 Å². The highest BCUT2D eigenvalue weighted by Gasteiger charge is 2.22. The number of benzene rings is 2. The number of nitro groups is 2. The number of rotatable bonds is 4. The number of nitrogens with zero attached hydrogens (tertiary/aromatic N) is 2. The van der Waals surface area contributed by atoms with Crippen LogP contribution < -0.4 is 4.74 Å². The quantitative estimate of drug-likeness (QED) is 0.626. The Kier molecular flexibility index (Phi) is 3.99. The van der Waals surface area contributed by atoms with Gasteiger partial charge in [-0.2, -0.15) is 4.39 Å². The molecular formula is C12H6ClFN2O5. The zero-order valence-electron chi connectivity index (χ0n) is 10.2. The highest BCUT2D eigenvalue weighted by Crippen LogP contribution is 2.37. The van der Waals surface area contributed by atoms with E-state index in [1.807, 2.05) is 0 Å². The van der Waals surface area contributed by atoms with Crippen molar-refractivity contribution < 1.29 is 19.0 Å². The second kappa shape index (κ2) is 5.71. The van der Waals surface area contributed by atoms with Crippen molar-refractivity contribution in [2.45, 2.75) is 0 Å². The van der Waals surface area contributed by atoms with Crippen molar-refractivity contribution >= 4 is 23.0 Å². The number of hydrogen-bond donors (Lipinski definition) is 0. The molecule has 0 amide bonds. The van der Waals surface area contributed by atoms with Gasteiger partial charge in [-0.05, 0) is 18.2 Å². The Morgan fingerprint density at radius 3 is 2.33 bits per heavy atom. The molecule has 0 aliphatic carbocycles. The van der Waals surface area contributed by atoms with E-state index in [-0.39, 0.29) is 22.2 Å². The summed E-state index contributed by atoms with van der Waals surface area (Å²) in [5.74, 6) is -1.47. The van der Waals surface area contributed by atoms with Crippen LogP contribution in [0.25, 0.3) is 0 Å². The predicted molar refractivity (Wildman–Crippen MR) is 71.2 cm³/mol. The van der Waals surface area contributed by atoms with Crippen molar-refractivity contribution in [1.29, 1.82) is 0 Å². The van der Waals surface area contributed by atoms with Gasteiger partial charge in [-0.1, -0.05) is 17.7 Å². The molecule has 7 nitrogen and oxygen atoms in total. The molecule has 2 rings (SSSR count). The summed E-state index contributed by atoms with van der Waals surface area (Å²) in [5.41, 5.74) is -1.10. The summed E-state index contributed by atoms with van der Waals surface area (Å²) in [6.45, 7) is 0. The Hall–Kier alpha value is -2.74. The number of ether oxygens (including phenoxy) is 1. The van der Waals surface area contributed by atoms with Gasteiger partial charge in [0.15, 0.2) is 0 Å². The lowest BCUT2D eigenvalue weighted by Crippen LogP contribution is -1.97. The maximum atomic E-state index is 13.4. The third kappa shape index (κ3) is 3.06. The number of para-hydroxylation sites is 1. The summed E-state index contributed by atoms with van der Waals surface area (Å²) < 4.78 is 18.6. The molecule has 0 fully saturated rings. The van der Waals surface area contributed by atoms with Crippen LogP contribution in [0.3, 0.4) is 0 Å². The molecule has 0 aliphatic rings. The average Bonchev–Trinajstić information content (AvgIpc) is 2.40. The predicted octanol–water partition coefficient (Wildman–Crippen LogP) is 4.09. The van der Waals surface area contributed by atoms with Crippen molar-refractivity contribution in [3.63, 3.8) is 0 Å². The molecule has 0 spiro atoms. The van der Waals surface area contributed by atoms with Gasteiger partial charge in [-0.15, -0.1) is 0 Å². The topological polar surface area (TPSA) is 95.5 Å². The molecule has 0 saturated carbocycles. The molecule has 108 valence electrons. The Bertz CT molecular complexity index is 738. The largest absolute Gasteiger partial charge is 0.448 e. The summed E-state index contributed by atoms with van der Waals surface area (Å²) in [7, 11) is 0. The number of halogens is 2. The summed E-state index contributed by atoms with van der Waals surface area (Å²) in [5, 5.41) is 21.3. The summed E-state index contributed by atoms with van der Waals surface area (Å²) in [6.07, 6.45) is 0. The smallest absolute Gasteiger partial charge is 0.346 e.